The molecular formula is C17H20F3N3O. The Bertz CT molecular complexity index is 738. The molecule has 24 heavy (non-hydrogen) atoms. The van der Waals surface area contributed by atoms with Crippen molar-refractivity contribution in [2.24, 2.45) is 11.8 Å². The molecule has 2 heterocycles. The number of alkyl halides is 3. The minimum Gasteiger partial charge on any atom is -0.350 e. The molecule has 2 aromatic rings. The minimum absolute atomic E-state index is 0.112. The first-order valence-electron chi connectivity index (χ1n) is 8.12. The Morgan fingerprint density at radius 1 is 1.38 bits per heavy atom. The summed E-state index contributed by atoms with van der Waals surface area (Å²) >= 11 is 0. The van der Waals surface area contributed by atoms with E-state index in [4.69, 9.17) is 0 Å². The lowest BCUT2D eigenvalue weighted by Crippen LogP contribution is -2.37. The molecule has 2 aromatic heterocycles. The van der Waals surface area contributed by atoms with Gasteiger partial charge in [-0.3, -0.25) is 4.79 Å². The number of nitrogens with zero attached hydrogens (tertiary/aromatic N) is 2. The Balaban J connectivity index is 1.61. The SMILES string of the molecule is Cc1cccc2nc(CNC(=O)C3CCCC(C(F)(F)F)C3)cn12. The third-order valence-electron chi connectivity index (χ3n) is 4.70. The fraction of sp³-hybridized carbons (Fsp3) is 0.529. The number of carbonyl (C=O) groups excluding carboxylic acids is 1. The number of aromatic nitrogens is 2. The van der Waals surface area contributed by atoms with Crippen LogP contribution in [-0.2, 0) is 11.3 Å². The zero-order valence-electron chi connectivity index (χ0n) is 13.4. The van der Waals surface area contributed by atoms with E-state index in [0.29, 0.717) is 18.5 Å². The first kappa shape index (κ1) is 16.8. The van der Waals surface area contributed by atoms with Crippen LogP contribution in [0.15, 0.2) is 24.4 Å². The molecule has 0 saturated heterocycles. The summed E-state index contributed by atoms with van der Waals surface area (Å²) in [5.41, 5.74) is 2.51. The van der Waals surface area contributed by atoms with Crippen LogP contribution in [0, 0.1) is 18.8 Å². The van der Waals surface area contributed by atoms with E-state index in [1.807, 2.05) is 35.7 Å². The molecule has 4 nitrogen and oxygen atoms in total. The van der Waals surface area contributed by atoms with Gasteiger partial charge >= 0.3 is 6.18 Å². The van der Waals surface area contributed by atoms with Gasteiger partial charge in [-0.15, -0.1) is 0 Å². The molecule has 1 aliphatic carbocycles. The molecule has 2 unspecified atom stereocenters. The van der Waals surface area contributed by atoms with Crippen molar-refractivity contribution in [3.63, 3.8) is 0 Å². The number of carbonyl (C=O) groups is 1. The fourth-order valence-electron chi connectivity index (χ4n) is 3.33. The number of nitrogens with one attached hydrogen (secondary N) is 1. The van der Waals surface area contributed by atoms with E-state index in [1.54, 1.807) is 0 Å². The molecule has 7 heteroatoms. The molecule has 1 fully saturated rings. The van der Waals surface area contributed by atoms with E-state index in [2.05, 4.69) is 10.3 Å². The van der Waals surface area contributed by atoms with E-state index in [9.17, 15) is 18.0 Å². The fourth-order valence-corrected chi connectivity index (χ4v) is 3.33. The predicted octanol–water partition coefficient (Wildman–Crippen LogP) is 3.63. The molecule has 2 atom stereocenters. The highest BCUT2D eigenvalue weighted by Crippen LogP contribution is 2.39. The third-order valence-corrected chi connectivity index (χ3v) is 4.70. The number of hydrogen-bond donors (Lipinski definition) is 1. The second kappa shape index (κ2) is 6.45. The van der Waals surface area contributed by atoms with Gasteiger partial charge in [-0.2, -0.15) is 13.2 Å². The summed E-state index contributed by atoms with van der Waals surface area (Å²) in [5, 5.41) is 2.74. The first-order valence-corrected chi connectivity index (χ1v) is 8.12. The second-order valence-electron chi connectivity index (χ2n) is 6.45. The van der Waals surface area contributed by atoms with Crippen LogP contribution in [0.1, 0.15) is 37.1 Å². The van der Waals surface area contributed by atoms with E-state index in [-0.39, 0.29) is 25.3 Å². The molecule has 130 valence electrons. The molecule has 1 aliphatic rings. The lowest BCUT2D eigenvalue weighted by molar-refractivity contribution is -0.186. The molecule has 0 radical (unpaired) electrons. The van der Waals surface area contributed by atoms with Crippen molar-refractivity contribution >= 4 is 11.6 Å². The first-order chi connectivity index (χ1) is 11.3. The van der Waals surface area contributed by atoms with Crippen LogP contribution in [0.25, 0.3) is 5.65 Å². The van der Waals surface area contributed by atoms with Crippen molar-refractivity contribution in [3.8, 4) is 0 Å². The van der Waals surface area contributed by atoms with Gasteiger partial charge in [-0.05, 0) is 38.3 Å². The molecule has 0 aliphatic heterocycles. The van der Waals surface area contributed by atoms with Crippen LogP contribution in [0.4, 0.5) is 13.2 Å². The lowest BCUT2D eigenvalue weighted by Gasteiger charge is -2.29. The third kappa shape index (κ3) is 3.55. The molecule has 1 saturated carbocycles. The van der Waals surface area contributed by atoms with Gasteiger partial charge in [0.15, 0.2) is 0 Å². The maximum Gasteiger partial charge on any atom is 0.391 e. The zero-order valence-corrected chi connectivity index (χ0v) is 13.4. The highest BCUT2D eigenvalue weighted by molar-refractivity contribution is 5.78. The topological polar surface area (TPSA) is 46.4 Å². The van der Waals surface area contributed by atoms with Gasteiger partial charge in [0, 0.05) is 17.8 Å². The molecule has 3 rings (SSSR count). The van der Waals surface area contributed by atoms with E-state index in [1.165, 1.54) is 0 Å². The van der Waals surface area contributed by atoms with E-state index < -0.39 is 18.0 Å². The standard InChI is InChI=1S/C17H20F3N3O/c1-11-4-2-7-15-22-14(10-23(11)15)9-21-16(24)12-5-3-6-13(8-12)17(18,19)20/h2,4,7,10,12-13H,3,5-6,8-9H2,1H3,(H,21,24). The highest BCUT2D eigenvalue weighted by Gasteiger charge is 2.43. The van der Waals surface area contributed by atoms with Gasteiger partial charge in [0.05, 0.1) is 18.2 Å². The van der Waals surface area contributed by atoms with Gasteiger partial charge in [0.25, 0.3) is 0 Å². The van der Waals surface area contributed by atoms with Gasteiger partial charge in [0.1, 0.15) is 5.65 Å². The van der Waals surface area contributed by atoms with Gasteiger partial charge < -0.3 is 9.72 Å². The number of rotatable bonds is 3. The number of fused-ring (bicyclic) bond motifs is 1. The van der Waals surface area contributed by atoms with Crippen molar-refractivity contribution in [1.82, 2.24) is 14.7 Å². The number of hydrogen-bond acceptors (Lipinski definition) is 2. The average Bonchev–Trinajstić information content (AvgIpc) is 2.96. The van der Waals surface area contributed by atoms with Crippen molar-refractivity contribution in [3.05, 3.63) is 35.8 Å². The maximum atomic E-state index is 12.8. The Morgan fingerprint density at radius 2 is 2.17 bits per heavy atom. The van der Waals surface area contributed by atoms with Crippen LogP contribution in [0.5, 0.6) is 0 Å². The maximum absolute atomic E-state index is 12.8. The van der Waals surface area contributed by atoms with Crippen LogP contribution < -0.4 is 5.32 Å². The van der Waals surface area contributed by atoms with E-state index in [0.717, 1.165) is 11.3 Å². The smallest absolute Gasteiger partial charge is 0.350 e. The monoisotopic (exact) mass is 339 g/mol. The zero-order chi connectivity index (χ0) is 17.3. The van der Waals surface area contributed by atoms with Gasteiger partial charge in [0.2, 0.25) is 5.91 Å². The number of halogens is 3. The Morgan fingerprint density at radius 3 is 2.88 bits per heavy atom. The predicted molar refractivity (Wildman–Crippen MR) is 83.3 cm³/mol. The molecular weight excluding hydrogens is 319 g/mol. The van der Waals surface area contributed by atoms with Gasteiger partial charge in [-0.25, -0.2) is 4.98 Å². The number of amides is 1. The van der Waals surface area contributed by atoms with Crippen molar-refractivity contribution in [2.75, 3.05) is 0 Å². The summed E-state index contributed by atoms with van der Waals surface area (Å²) < 4.78 is 40.4. The summed E-state index contributed by atoms with van der Waals surface area (Å²) in [7, 11) is 0. The van der Waals surface area contributed by atoms with Gasteiger partial charge in [-0.1, -0.05) is 12.5 Å². The Hall–Kier alpha value is -2.05. The number of aryl methyl sites for hydroxylation is 1. The van der Waals surface area contributed by atoms with E-state index >= 15 is 0 Å². The summed E-state index contributed by atoms with van der Waals surface area (Å²) in [6.45, 7) is 2.18. The summed E-state index contributed by atoms with van der Waals surface area (Å²) in [6.07, 6.45) is -1.40. The summed E-state index contributed by atoms with van der Waals surface area (Å²) in [4.78, 5) is 16.6. The minimum atomic E-state index is -4.21. The Kier molecular flexibility index (Phi) is 4.51. The average molecular weight is 339 g/mol. The normalized spacial score (nSPS) is 21.8. The second-order valence-corrected chi connectivity index (χ2v) is 6.45. The van der Waals surface area contributed by atoms with Crippen LogP contribution >= 0.6 is 0 Å². The van der Waals surface area contributed by atoms with Crippen molar-refractivity contribution in [1.29, 1.82) is 0 Å². The lowest BCUT2D eigenvalue weighted by atomic mass is 9.80. The largest absolute Gasteiger partial charge is 0.391 e. The van der Waals surface area contributed by atoms with Crippen molar-refractivity contribution < 1.29 is 18.0 Å². The molecule has 0 spiro atoms. The van der Waals surface area contributed by atoms with Crippen LogP contribution in [-0.4, -0.2) is 21.5 Å². The molecule has 1 N–H and O–H groups in total. The Labute approximate surface area is 138 Å². The molecule has 0 bridgehead atoms. The molecule has 1 amide bonds. The van der Waals surface area contributed by atoms with Crippen molar-refractivity contribution in [2.45, 2.75) is 45.3 Å². The quantitative estimate of drug-likeness (QED) is 0.928. The molecule has 0 aromatic carbocycles. The summed E-state index contributed by atoms with van der Waals surface area (Å²) in [6, 6.07) is 5.73. The number of imidazole rings is 1. The highest BCUT2D eigenvalue weighted by atomic mass is 19.4. The van der Waals surface area contributed by atoms with Crippen LogP contribution in [0.3, 0.4) is 0 Å². The summed E-state index contributed by atoms with van der Waals surface area (Å²) in [5.74, 6) is -2.23. The number of pyridine rings is 1. The van der Waals surface area contributed by atoms with Crippen LogP contribution in [0.2, 0.25) is 0 Å².